The molecule has 0 radical (unpaired) electrons. The van der Waals surface area contributed by atoms with Crippen LogP contribution in [0.1, 0.15) is 27.7 Å². The highest BCUT2D eigenvalue weighted by Crippen LogP contribution is 2.39. The normalized spacial score (nSPS) is 18.8. The molecule has 0 atom stereocenters. The van der Waals surface area contributed by atoms with Crippen molar-refractivity contribution in [1.82, 2.24) is 0 Å². The van der Waals surface area contributed by atoms with Crippen molar-refractivity contribution >= 4 is 56.9 Å². The fraction of sp³-hybridized carbons (Fsp3) is 0.273. The summed E-state index contributed by atoms with van der Waals surface area (Å²) in [7, 11) is -0.470. The third kappa shape index (κ3) is 2.44. The van der Waals surface area contributed by atoms with E-state index in [0.717, 1.165) is 32.6 Å². The van der Waals surface area contributed by atoms with E-state index in [1.807, 2.05) is 24.3 Å². The molecule has 27 heavy (non-hydrogen) atoms. The maximum Gasteiger partial charge on any atom is 0.495 e. The van der Waals surface area contributed by atoms with Crippen molar-refractivity contribution in [2.75, 3.05) is 0 Å². The van der Waals surface area contributed by atoms with Gasteiger partial charge in [-0.3, -0.25) is 0 Å². The number of hydrogen-bond acceptors (Lipinski definition) is 3. The van der Waals surface area contributed by atoms with Gasteiger partial charge in [0.2, 0.25) is 0 Å². The monoisotopic (exact) mass is 378 g/mol. The van der Waals surface area contributed by atoms with Crippen LogP contribution in [0.4, 0.5) is 0 Å². The van der Waals surface area contributed by atoms with Gasteiger partial charge in [-0.05, 0) is 62.1 Å². The smallest absolute Gasteiger partial charge is 0.454 e. The molecule has 1 aromatic heterocycles. The number of rotatable bonds is 1. The number of benzene rings is 3. The maximum atomic E-state index is 6.48. The number of hydrogen-bond donors (Lipinski definition) is 0. The Labute approximate surface area is 163 Å². The van der Waals surface area contributed by atoms with Crippen LogP contribution in [0.5, 0.6) is 0 Å². The Bertz CT molecular complexity index is 1190. The summed E-state index contributed by atoms with van der Waals surface area (Å²) in [5.74, 6) is 0. The van der Waals surface area contributed by atoms with E-state index in [1.54, 1.807) is 0 Å². The average Bonchev–Trinajstić information content (AvgIpc) is 3.08. The van der Waals surface area contributed by atoms with Gasteiger partial charge < -0.3 is 13.7 Å². The molecule has 0 N–H and O–H groups in total. The second kappa shape index (κ2) is 5.51. The molecule has 1 saturated heterocycles. The topological polar surface area (TPSA) is 31.6 Å². The van der Waals surface area contributed by atoms with Gasteiger partial charge >= 0.3 is 7.12 Å². The van der Waals surface area contributed by atoms with Crippen molar-refractivity contribution < 1.29 is 13.7 Å². The zero-order chi connectivity index (χ0) is 19.0. The Morgan fingerprint density at radius 3 is 2.15 bits per heavy atom. The van der Waals surface area contributed by atoms with Gasteiger partial charge in [-0.2, -0.15) is 0 Å². The molecule has 3 nitrogen and oxygen atoms in total. The molecule has 136 valence electrons. The van der Waals surface area contributed by atoms with Crippen LogP contribution in [0.15, 0.2) is 52.9 Å². The largest absolute Gasteiger partial charge is 0.495 e. The van der Waals surface area contributed by atoms with E-state index < -0.39 is 18.3 Å². The summed E-state index contributed by atoms with van der Waals surface area (Å²) >= 11 is 6.48. The molecule has 0 saturated carbocycles. The third-order valence-corrected chi connectivity index (χ3v) is 6.28. The molecule has 0 bridgehead atoms. The zero-order valence-corrected chi connectivity index (χ0v) is 16.6. The summed E-state index contributed by atoms with van der Waals surface area (Å²) in [5, 5.41) is 4.87. The minimum Gasteiger partial charge on any atom is -0.454 e. The molecule has 2 heterocycles. The quantitative estimate of drug-likeness (QED) is 0.399. The second-order valence-corrected chi connectivity index (χ2v) is 8.63. The van der Waals surface area contributed by atoms with Gasteiger partial charge in [-0.15, -0.1) is 0 Å². The van der Waals surface area contributed by atoms with E-state index in [9.17, 15) is 0 Å². The van der Waals surface area contributed by atoms with Crippen molar-refractivity contribution in [2.45, 2.75) is 38.9 Å². The minimum absolute atomic E-state index is 0.407. The first-order chi connectivity index (χ1) is 12.8. The van der Waals surface area contributed by atoms with Crippen LogP contribution in [0.25, 0.3) is 32.7 Å². The Balaban J connectivity index is 1.81. The fourth-order valence-corrected chi connectivity index (χ4v) is 3.92. The first-order valence-corrected chi connectivity index (χ1v) is 9.54. The summed E-state index contributed by atoms with van der Waals surface area (Å²) in [4.78, 5) is 0. The van der Waals surface area contributed by atoms with Crippen LogP contribution in [0, 0.1) is 0 Å². The van der Waals surface area contributed by atoms with E-state index in [-0.39, 0.29) is 0 Å². The third-order valence-electron chi connectivity index (χ3n) is 5.98. The van der Waals surface area contributed by atoms with E-state index >= 15 is 0 Å². The first-order valence-electron chi connectivity index (χ1n) is 9.16. The van der Waals surface area contributed by atoms with Gasteiger partial charge in [0.15, 0.2) is 5.58 Å². The lowest BCUT2D eigenvalue weighted by atomic mass is 9.76. The van der Waals surface area contributed by atoms with E-state index in [0.29, 0.717) is 10.6 Å². The molecule has 0 amide bonds. The molecule has 5 rings (SSSR count). The molecular weight excluding hydrogens is 359 g/mol. The Hall–Kier alpha value is -2.01. The Kier molecular flexibility index (Phi) is 3.49. The average molecular weight is 379 g/mol. The molecule has 0 spiro atoms. The highest BCUT2D eigenvalue weighted by molar-refractivity contribution is 6.66. The molecule has 1 aliphatic rings. The van der Waals surface area contributed by atoms with Crippen LogP contribution >= 0.6 is 11.6 Å². The second-order valence-electron chi connectivity index (χ2n) is 8.23. The van der Waals surface area contributed by atoms with Crippen LogP contribution < -0.4 is 5.46 Å². The number of halogens is 1. The predicted molar refractivity (Wildman–Crippen MR) is 112 cm³/mol. The Morgan fingerprint density at radius 2 is 1.48 bits per heavy atom. The van der Waals surface area contributed by atoms with Crippen LogP contribution in [-0.4, -0.2) is 18.3 Å². The lowest BCUT2D eigenvalue weighted by molar-refractivity contribution is 0.00578. The summed E-state index contributed by atoms with van der Waals surface area (Å²) < 4.78 is 18.7. The van der Waals surface area contributed by atoms with Crippen molar-refractivity contribution in [3.8, 4) is 0 Å². The maximum absolute atomic E-state index is 6.48. The summed E-state index contributed by atoms with van der Waals surface area (Å²) in [6.45, 7) is 8.23. The van der Waals surface area contributed by atoms with Crippen LogP contribution in [0.3, 0.4) is 0 Å². The molecule has 0 aliphatic carbocycles. The first kappa shape index (κ1) is 17.1. The van der Waals surface area contributed by atoms with E-state index in [4.69, 9.17) is 25.3 Å². The molecule has 1 aliphatic heterocycles. The molecule has 3 aromatic carbocycles. The summed E-state index contributed by atoms with van der Waals surface area (Å²) in [6.07, 6.45) is 0. The van der Waals surface area contributed by atoms with Crippen LogP contribution in [0.2, 0.25) is 5.02 Å². The highest BCUT2D eigenvalue weighted by atomic mass is 35.5. The molecule has 5 heteroatoms. The number of furan rings is 1. The van der Waals surface area contributed by atoms with Gasteiger partial charge in [-0.25, -0.2) is 0 Å². The molecule has 0 unspecified atom stereocenters. The van der Waals surface area contributed by atoms with Gasteiger partial charge in [0, 0.05) is 10.8 Å². The summed E-state index contributed by atoms with van der Waals surface area (Å²) in [6, 6.07) is 16.3. The van der Waals surface area contributed by atoms with Gasteiger partial charge in [-0.1, -0.05) is 41.9 Å². The predicted octanol–water partition coefficient (Wildman–Crippen LogP) is 5.69. The summed E-state index contributed by atoms with van der Waals surface area (Å²) in [5.41, 5.74) is 1.62. The Morgan fingerprint density at radius 1 is 0.852 bits per heavy atom. The van der Waals surface area contributed by atoms with Gasteiger partial charge in [0.1, 0.15) is 5.58 Å². The van der Waals surface area contributed by atoms with E-state index in [2.05, 4.69) is 52.0 Å². The molecule has 4 aromatic rings. The van der Waals surface area contributed by atoms with Crippen molar-refractivity contribution in [2.24, 2.45) is 0 Å². The number of fused-ring (bicyclic) bond motifs is 4. The SMILES string of the molecule is CC1(C)OB(c2ccc(Cl)c3oc4cc5ccccc5cc4c23)OC1(C)C. The lowest BCUT2D eigenvalue weighted by Crippen LogP contribution is -2.41. The van der Waals surface area contributed by atoms with Gasteiger partial charge in [0.05, 0.1) is 16.2 Å². The molecular formula is C22H20BClO3. The van der Waals surface area contributed by atoms with Crippen molar-refractivity contribution in [1.29, 1.82) is 0 Å². The standard InChI is InChI=1S/C22H20BClO3/c1-21(2)22(3,4)27-23(26-21)16-9-10-17(24)20-19(16)15-11-13-7-5-6-8-14(13)12-18(15)25-20/h5-12H,1-4H3. The van der Waals surface area contributed by atoms with Gasteiger partial charge in [0.25, 0.3) is 0 Å². The van der Waals surface area contributed by atoms with Crippen molar-refractivity contribution in [3.05, 3.63) is 53.6 Å². The van der Waals surface area contributed by atoms with Crippen LogP contribution in [-0.2, 0) is 9.31 Å². The minimum atomic E-state index is -0.470. The molecule has 1 fully saturated rings. The van der Waals surface area contributed by atoms with E-state index in [1.165, 1.54) is 0 Å². The zero-order valence-electron chi connectivity index (χ0n) is 15.8. The highest BCUT2D eigenvalue weighted by Gasteiger charge is 2.52. The lowest BCUT2D eigenvalue weighted by Gasteiger charge is -2.32. The van der Waals surface area contributed by atoms with Crippen molar-refractivity contribution in [3.63, 3.8) is 0 Å². The fourth-order valence-electron chi connectivity index (χ4n) is 3.73.